The van der Waals surface area contributed by atoms with Crippen molar-refractivity contribution in [1.82, 2.24) is 9.78 Å². The highest BCUT2D eigenvalue weighted by molar-refractivity contribution is 7.98. The molecule has 0 aliphatic carbocycles. The molecule has 1 aromatic heterocycles. The number of hydrogen-bond acceptors (Lipinski definition) is 3. The van der Waals surface area contributed by atoms with Crippen LogP contribution in [-0.2, 0) is 7.05 Å². The molecule has 1 aromatic rings. The first kappa shape index (κ1) is 7.75. The Morgan fingerprint density at radius 3 is 2.80 bits per heavy atom. The van der Waals surface area contributed by atoms with E-state index < -0.39 is 0 Å². The molecule has 0 atom stereocenters. The first-order chi connectivity index (χ1) is 4.74. The minimum absolute atomic E-state index is 0.762. The fourth-order valence-corrected chi connectivity index (χ4v) is 1.11. The number of rotatable bonds is 1. The third-order valence-electron chi connectivity index (χ3n) is 1.15. The molecule has 0 aliphatic heterocycles. The highest BCUT2D eigenvalue weighted by Gasteiger charge is 1.90. The van der Waals surface area contributed by atoms with E-state index in [0.29, 0.717) is 0 Å². The average molecular weight is 172 g/mol. The molecule has 0 aromatic carbocycles. The molecule has 0 radical (unpaired) electrons. The molecule has 54 valence electrons. The highest BCUT2D eigenvalue weighted by atomic mass is 32.2. The van der Waals surface area contributed by atoms with Crippen molar-refractivity contribution in [3.63, 3.8) is 0 Å². The summed E-state index contributed by atoms with van der Waals surface area (Å²) in [6.45, 7) is 0. The molecule has 2 nitrogen and oxygen atoms in total. The van der Waals surface area contributed by atoms with Gasteiger partial charge in [-0.05, 0) is 18.4 Å². The molecule has 0 saturated carbocycles. The molecule has 0 amide bonds. The second-order valence-corrected chi connectivity index (χ2v) is 3.08. The fraction of sp³-hybridized carbons (Fsp3) is 0.333. The molecule has 0 spiro atoms. The monoisotopic (exact) mass is 172 g/mol. The smallest absolute Gasteiger partial charge is 0.122 e. The van der Waals surface area contributed by atoms with Crippen molar-refractivity contribution in [3.8, 4) is 0 Å². The zero-order valence-electron chi connectivity index (χ0n) is 5.87. The predicted molar refractivity (Wildman–Crippen MR) is 45.8 cm³/mol. The van der Waals surface area contributed by atoms with Crippen LogP contribution in [0.2, 0.25) is 0 Å². The van der Waals surface area contributed by atoms with Gasteiger partial charge in [-0.1, -0.05) is 12.2 Å². The average Bonchev–Trinajstić information content (AvgIpc) is 1.95. The Morgan fingerprint density at radius 1 is 1.60 bits per heavy atom. The second-order valence-electron chi connectivity index (χ2n) is 1.84. The molecule has 1 rings (SSSR count). The molecule has 0 bridgehead atoms. The number of thioether (sulfide) groups is 1. The standard InChI is InChI=1S/C6H8N2S2/c1-8-6(9)4-3-5(7-8)10-2/h3-4H,1-2H3. The van der Waals surface area contributed by atoms with E-state index in [1.54, 1.807) is 16.4 Å². The van der Waals surface area contributed by atoms with Crippen molar-refractivity contribution in [2.45, 2.75) is 5.03 Å². The maximum atomic E-state index is 4.95. The van der Waals surface area contributed by atoms with Gasteiger partial charge in [0.15, 0.2) is 0 Å². The first-order valence-electron chi connectivity index (χ1n) is 2.82. The van der Waals surface area contributed by atoms with Gasteiger partial charge in [0.1, 0.15) is 9.67 Å². The molecule has 0 saturated heterocycles. The molecule has 10 heavy (non-hydrogen) atoms. The number of nitrogens with zero attached hydrogens (tertiary/aromatic N) is 2. The van der Waals surface area contributed by atoms with E-state index in [1.807, 2.05) is 25.4 Å². The quantitative estimate of drug-likeness (QED) is 0.476. The molecule has 0 N–H and O–H groups in total. The summed E-state index contributed by atoms with van der Waals surface area (Å²) < 4.78 is 2.46. The van der Waals surface area contributed by atoms with Gasteiger partial charge in [-0.2, -0.15) is 5.10 Å². The summed E-state index contributed by atoms with van der Waals surface area (Å²) in [5.74, 6) is 0. The van der Waals surface area contributed by atoms with Crippen LogP contribution in [0.25, 0.3) is 0 Å². The van der Waals surface area contributed by atoms with Crippen molar-refractivity contribution >= 4 is 24.0 Å². The number of aromatic nitrogens is 2. The largest absolute Gasteiger partial charge is 0.257 e. The summed E-state index contributed by atoms with van der Waals surface area (Å²) in [6, 6.07) is 3.81. The van der Waals surface area contributed by atoms with E-state index in [0.717, 1.165) is 9.67 Å². The number of hydrogen-bond donors (Lipinski definition) is 0. The minimum atomic E-state index is 0.762. The molecular weight excluding hydrogens is 164 g/mol. The number of aryl methyl sites for hydroxylation is 1. The lowest BCUT2D eigenvalue weighted by Gasteiger charge is -1.98. The van der Waals surface area contributed by atoms with Gasteiger partial charge in [0.25, 0.3) is 0 Å². The van der Waals surface area contributed by atoms with Crippen LogP contribution in [0.15, 0.2) is 17.2 Å². The Bertz CT molecular complexity index is 279. The summed E-state index contributed by atoms with van der Waals surface area (Å²) in [7, 11) is 1.85. The van der Waals surface area contributed by atoms with Crippen LogP contribution in [-0.4, -0.2) is 16.0 Å². The van der Waals surface area contributed by atoms with Gasteiger partial charge in [-0.15, -0.1) is 11.8 Å². The van der Waals surface area contributed by atoms with Crippen LogP contribution in [0.1, 0.15) is 0 Å². The normalized spacial score (nSPS) is 9.80. The van der Waals surface area contributed by atoms with Crippen LogP contribution in [0.3, 0.4) is 0 Å². The fourth-order valence-electron chi connectivity index (χ4n) is 0.590. The third kappa shape index (κ3) is 1.58. The van der Waals surface area contributed by atoms with Crippen molar-refractivity contribution in [3.05, 3.63) is 16.8 Å². The Labute approximate surface area is 69.3 Å². The van der Waals surface area contributed by atoms with E-state index in [-0.39, 0.29) is 0 Å². The van der Waals surface area contributed by atoms with E-state index in [4.69, 9.17) is 12.2 Å². The van der Waals surface area contributed by atoms with E-state index in [2.05, 4.69) is 5.10 Å². The Balaban J connectivity index is 3.17. The lowest BCUT2D eigenvalue weighted by atomic mass is 10.6. The second kappa shape index (κ2) is 3.16. The van der Waals surface area contributed by atoms with E-state index in [9.17, 15) is 0 Å². The Hall–Kier alpha value is -0.350. The molecule has 0 fully saturated rings. The van der Waals surface area contributed by atoms with Gasteiger partial charge >= 0.3 is 0 Å². The lowest BCUT2D eigenvalue weighted by Crippen LogP contribution is -1.97. The van der Waals surface area contributed by atoms with Crippen molar-refractivity contribution < 1.29 is 0 Å². The summed E-state index contributed by atoms with van der Waals surface area (Å²) in [5, 5.41) is 5.16. The van der Waals surface area contributed by atoms with Gasteiger partial charge in [0.2, 0.25) is 0 Å². The van der Waals surface area contributed by atoms with Crippen LogP contribution in [0.5, 0.6) is 0 Å². The topological polar surface area (TPSA) is 17.8 Å². The van der Waals surface area contributed by atoms with Crippen molar-refractivity contribution in [2.75, 3.05) is 6.26 Å². The zero-order valence-corrected chi connectivity index (χ0v) is 7.50. The van der Waals surface area contributed by atoms with Gasteiger partial charge in [-0.25, -0.2) is 0 Å². The van der Waals surface area contributed by atoms with Gasteiger partial charge in [-0.3, -0.25) is 4.68 Å². The van der Waals surface area contributed by atoms with E-state index in [1.165, 1.54) is 0 Å². The van der Waals surface area contributed by atoms with Gasteiger partial charge in [0.05, 0.1) is 0 Å². The van der Waals surface area contributed by atoms with Crippen molar-refractivity contribution in [2.24, 2.45) is 7.05 Å². The zero-order chi connectivity index (χ0) is 7.56. The summed E-state index contributed by atoms with van der Waals surface area (Å²) in [4.78, 5) is 0. The summed E-state index contributed by atoms with van der Waals surface area (Å²) >= 11 is 6.57. The lowest BCUT2D eigenvalue weighted by molar-refractivity contribution is 0.685. The predicted octanol–water partition coefficient (Wildman–Crippen LogP) is 1.87. The summed E-state index contributed by atoms with van der Waals surface area (Å²) in [5.41, 5.74) is 0. The van der Waals surface area contributed by atoms with Crippen LogP contribution < -0.4 is 0 Å². The molecular formula is C6H8N2S2. The summed E-state index contributed by atoms with van der Waals surface area (Å²) in [6.07, 6.45) is 1.99. The third-order valence-corrected chi connectivity index (χ3v) is 2.18. The molecule has 4 heteroatoms. The molecule has 0 unspecified atom stereocenters. The van der Waals surface area contributed by atoms with E-state index >= 15 is 0 Å². The van der Waals surface area contributed by atoms with Crippen LogP contribution in [0.4, 0.5) is 0 Å². The maximum Gasteiger partial charge on any atom is 0.122 e. The molecule has 1 heterocycles. The molecule has 0 aliphatic rings. The SMILES string of the molecule is CSc1ccc(=S)n(C)n1. The minimum Gasteiger partial charge on any atom is -0.257 e. The first-order valence-corrected chi connectivity index (χ1v) is 4.45. The maximum absolute atomic E-state index is 4.95. The van der Waals surface area contributed by atoms with Crippen molar-refractivity contribution in [1.29, 1.82) is 0 Å². The Morgan fingerprint density at radius 2 is 2.30 bits per heavy atom. The van der Waals surface area contributed by atoms with Crippen LogP contribution in [0, 0.1) is 4.64 Å². The van der Waals surface area contributed by atoms with Gasteiger partial charge in [0, 0.05) is 7.05 Å². The highest BCUT2D eigenvalue weighted by Crippen LogP contribution is 2.08. The van der Waals surface area contributed by atoms with Crippen LogP contribution >= 0.6 is 24.0 Å². The van der Waals surface area contributed by atoms with Gasteiger partial charge < -0.3 is 0 Å². The Kier molecular flexibility index (Phi) is 2.45.